The summed E-state index contributed by atoms with van der Waals surface area (Å²) >= 11 is 0. The molecule has 0 amide bonds. The SMILES string of the molecule is C=C1C[C@@]23C[C@@H]1CC[C@@H]2[C@@]1(C)C(=O)CCC(C)(C)[C@@H]1CC3=O. The van der Waals surface area contributed by atoms with Gasteiger partial charge in [-0.1, -0.05) is 32.9 Å². The number of carbonyl (C=O) groups excluding carboxylic acids is 2. The number of carbonyl (C=O) groups is 2. The average molecular weight is 300 g/mol. The van der Waals surface area contributed by atoms with Crippen LogP contribution in [0.15, 0.2) is 12.2 Å². The van der Waals surface area contributed by atoms with Crippen LogP contribution in [-0.4, -0.2) is 11.6 Å². The van der Waals surface area contributed by atoms with E-state index in [-0.39, 0.29) is 28.1 Å². The zero-order valence-electron chi connectivity index (χ0n) is 14.2. The van der Waals surface area contributed by atoms with Crippen LogP contribution in [0.5, 0.6) is 0 Å². The number of Topliss-reactive ketones (excluding diaryl/α,β-unsaturated/α-hetero) is 2. The van der Waals surface area contributed by atoms with E-state index in [1.165, 1.54) is 5.57 Å². The van der Waals surface area contributed by atoms with E-state index in [0.717, 1.165) is 32.1 Å². The molecule has 0 aromatic heterocycles. The Morgan fingerprint density at radius 1 is 1.05 bits per heavy atom. The lowest BCUT2D eigenvalue weighted by molar-refractivity contribution is -0.177. The zero-order valence-corrected chi connectivity index (χ0v) is 14.2. The van der Waals surface area contributed by atoms with Gasteiger partial charge in [0.15, 0.2) is 0 Å². The summed E-state index contributed by atoms with van der Waals surface area (Å²) in [6.07, 6.45) is 6.27. The standard InChI is InChI=1S/C20H28O2/c1-12-10-20-11-13(12)5-6-14(20)19(4)15(9-17(20)22)18(2,3)8-7-16(19)21/h13-15H,1,5-11H2,2-4H3/t13-,14+,15-,19+,20+/m0/s1. The molecule has 4 fully saturated rings. The second kappa shape index (κ2) is 4.13. The summed E-state index contributed by atoms with van der Waals surface area (Å²) in [5.74, 6) is 1.91. The van der Waals surface area contributed by atoms with Crippen LogP contribution >= 0.6 is 0 Å². The highest BCUT2D eigenvalue weighted by molar-refractivity contribution is 5.94. The topological polar surface area (TPSA) is 34.1 Å². The first-order valence-corrected chi connectivity index (χ1v) is 8.96. The van der Waals surface area contributed by atoms with Gasteiger partial charge >= 0.3 is 0 Å². The van der Waals surface area contributed by atoms with Gasteiger partial charge in [-0.05, 0) is 55.3 Å². The van der Waals surface area contributed by atoms with E-state index in [1.807, 2.05) is 0 Å². The molecule has 0 unspecified atom stereocenters. The van der Waals surface area contributed by atoms with E-state index < -0.39 is 0 Å². The van der Waals surface area contributed by atoms with Crippen molar-refractivity contribution < 1.29 is 9.59 Å². The Kier molecular flexibility index (Phi) is 2.75. The van der Waals surface area contributed by atoms with Crippen molar-refractivity contribution in [3.05, 3.63) is 12.2 Å². The predicted molar refractivity (Wildman–Crippen MR) is 86.3 cm³/mol. The molecule has 2 heteroatoms. The molecule has 0 N–H and O–H groups in total. The molecule has 4 rings (SSSR count). The second-order valence-corrected chi connectivity index (χ2v) is 9.40. The van der Waals surface area contributed by atoms with E-state index in [4.69, 9.17) is 0 Å². The maximum atomic E-state index is 13.2. The van der Waals surface area contributed by atoms with Crippen LogP contribution in [-0.2, 0) is 9.59 Å². The molecule has 0 aromatic carbocycles. The molecule has 2 bridgehead atoms. The quantitative estimate of drug-likeness (QED) is 0.624. The Bertz CT molecular complexity index is 587. The summed E-state index contributed by atoms with van der Waals surface area (Å²) < 4.78 is 0. The molecule has 0 aromatic rings. The van der Waals surface area contributed by atoms with Gasteiger partial charge in [0.05, 0.1) is 0 Å². The lowest BCUT2D eigenvalue weighted by atomic mass is 9.40. The van der Waals surface area contributed by atoms with Gasteiger partial charge < -0.3 is 0 Å². The maximum Gasteiger partial charge on any atom is 0.140 e. The highest BCUT2D eigenvalue weighted by Gasteiger charge is 2.68. The van der Waals surface area contributed by atoms with Gasteiger partial charge in [-0.2, -0.15) is 0 Å². The fraction of sp³-hybridized carbons (Fsp3) is 0.800. The largest absolute Gasteiger partial charge is 0.299 e. The molecule has 4 aliphatic rings. The Hall–Kier alpha value is -0.920. The number of hydrogen-bond acceptors (Lipinski definition) is 2. The summed E-state index contributed by atoms with van der Waals surface area (Å²) in [5.41, 5.74) is 0.854. The van der Waals surface area contributed by atoms with Crippen LogP contribution in [0, 0.1) is 34.0 Å². The van der Waals surface area contributed by atoms with Gasteiger partial charge in [-0.15, -0.1) is 0 Å². The first kappa shape index (κ1) is 14.7. The fourth-order valence-electron chi connectivity index (χ4n) is 6.90. The minimum atomic E-state index is -0.286. The molecule has 0 radical (unpaired) electrons. The normalized spacial score (nSPS) is 49.8. The summed E-state index contributed by atoms with van der Waals surface area (Å²) in [5, 5.41) is 0. The highest BCUT2D eigenvalue weighted by Crippen LogP contribution is 2.70. The van der Waals surface area contributed by atoms with Crippen LogP contribution in [0.1, 0.15) is 65.7 Å². The van der Waals surface area contributed by atoms with Gasteiger partial charge in [0.2, 0.25) is 0 Å². The van der Waals surface area contributed by atoms with Crippen molar-refractivity contribution in [1.29, 1.82) is 0 Å². The third kappa shape index (κ3) is 1.52. The monoisotopic (exact) mass is 300 g/mol. The highest BCUT2D eigenvalue weighted by atomic mass is 16.1. The fourth-order valence-corrected chi connectivity index (χ4v) is 6.90. The molecule has 4 saturated carbocycles. The first-order chi connectivity index (χ1) is 10.2. The third-order valence-electron chi connectivity index (χ3n) is 8.13. The summed E-state index contributed by atoms with van der Waals surface area (Å²) in [7, 11) is 0. The number of ketones is 2. The summed E-state index contributed by atoms with van der Waals surface area (Å²) in [6.45, 7) is 11.0. The van der Waals surface area contributed by atoms with Gasteiger partial charge in [0.1, 0.15) is 11.6 Å². The van der Waals surface area contributed by atoms with Crippen LogP contribution in [0.2, 0.25) is 0 Å². The van der Waals surface area contributed by atoms with Crippen LogP contribution in [0.25, 0.3) is 0 Å². The summed E-state index contributed by atoms with van der Waals surface area (Å²) in [4.78, 5) is 26.2. The van der Waals surface area contributed by atoms with Gasteiger partial charge in [-0.3, -0.25) is 9.59 Å². The van der Waals surface area contributed by atoms with Crippen molar-refractivity contribution in [1.82, 2.24) is 0 Å². The van der Waals surface area contributed by atoms with E-state index in [0.29, 0.717) is 30.3 Å². The first-order valence-electron chi connectivity index (χ1n) is 8.96. The molecule has 0 aliphatic heterocycles. The number of hydrogen-bond donors (Lipinski definition) is 0. The maximum absolute atomic E-state index is 13.2. The molecule has 4 aliphatic carbocycles. The van der Waals surface area contributed by atoms with Crippen LogP contribution in [0.4, 0.5) is 0 Å². The van der Waals surface area contributed by atoms with E-state index in [2.05, 4.69) is 27.4 Å². The molecule has 5 atom stereocenters. The van der Waals surface area contributed by atoms with Crippen LogP contribution in [0.3, 0.4) is 0 Å². The van der Waals surface area contributed by atoms with Crippen molar-refractivity contribution in [2.75, 3.05) is 0 Å². The zero-order chi connectivity index (χ0) is 15.9. The lowest BCUT2D eigenvalue weighted by Gasteiger charge is -2.61. The van der Waals surface area contributed by atoms with Crippen molar-refractivity contribution in [3.63, 3.8) is 0 Å². The third-order valence-corrected chi connectivity index (χ3v) is 8.13. The molecular weight excluding hydrogens is 272 g/mol. The summed E-state index contributed by atoms with van der Waals surface area (Å²) in [6, 6.07) is 0. The second-order valence-electron chi connectivity index (χ2n) is 9.40. The molecule has 0 saturated heterocycles. The number of allylic oxidation sites excluding steroid dienone is 1. The minimum absolute atomic E-state index is 0.104. The Morgan fingerprint density at radius 2 is 1.77 bits per heavy atom. The average Bonchev–Trinajstić information content (AvgIpc) is 2.70. The minimum Gasteiger partial charge on any atom is -0.299 e. The number of rotatable bonds is 0. The Labute approximate surface area is 133 Å². The van der Waals surface area contributed by atoms with Crippen molar-refractivity contribution in [2.45, 2.75) is 65.7 Å². The molecule has 0 heterocycles. The van der Waals surface area contributed by atoms with Crippen molar-refractivity contribution in [3.8, 4) is 0 Å². The van der Waals surface area contributed by atoms with Crippen molar-refractivity contribution in [2.24, 2.45) is 34.0 Å². The van der Waals surface area contributed by atoms with Gasteiger partial charge in [0, 0.05) is 23.7 Å². The lowest BCUT2D eigenvalue weighted by Crippen LogP contribution is -2.62. The number of fused-ring (bicyclic) bond motifs is 3. The molecule has 1 spiro atoms. The van der Waals surface area contributed by atoms with Gasteiger partial charge in [0.25, 0.3) is 0 Å². The Morgan fingerprint density at radius 3 is 2.50 bits per heavy atom. The predicted octanol–water partition coefficient (Wildman–Crippen LogP) is 4.33. The molecule has 120 valence electrons. The molecular formula is C20H28O2. The van der Waals surface area contributed by atoms with E-state index in [1.54, 1.807) is 0 Å². The van der Waals surface area contributed by atoms with Gasteiger partial charge in [-0.25, -0.2) is 0 Å². The van der Waals surface area contributed by atoms with Crippen LogP contribution < -0.4 is 0 Å². The molecule has 22 heavy (non-hydrogen) atoms. The van der Waals surface area contributed by atoms with Crippen molar-refractivity contribution >= 4 is 11.6 Å². The smallest absolute Gasteiger partial charge is 0.140 e. The Balaban J connectivity index is 1.86. The van der Waals surface area contributed by atoms with E-state index >= 15 is 0 Å². The molecule has 2 nitrogen and oxygen atoms in total. The van der Waals surface area contributed by atoms with E-state index in [9.17, 15) is 9.59 Å².